The molecule has 4 nitrogen and oxygen atoms in total. The molecule has 0 radical (unpaired) electrons. The van der Waals surface area contributed by atoms with Crippen molar-refractivity contribution in [2.45, 2.75) is 25.5 Å². The number of benzene rings is 1. The minimum absolute atomic E-state index is 0.0227. The van der Waals surface area contributed by atoms with E-state index in [1.165, 1.54) is 0 Å². The summed E-state index contributed by atoms with van der Waals surface area (Å²) in [5.41, 5.74) is 1.51. The molecule has 1 fully saturated rings. The van der Waals surface area contributed by atoms with Gasteiger partial charge in [-0.05, 0) is 37.1 Å². The van der Waals surface area contributed by atoms with Gasteiger partial charge in [0.1, 0.15) is 0 Å². The van der Waals surface area contributed by atoms with Crippen LogP contribution >= 0.6 is 0 Å². The van der Waals surface area contributed by atoms with Crippen LogP contribution in [0.1, 0.15) is 23.2 Å². The van der Waals surface area contributed by atoms with Gasteiger partial charge in [0.25, 0.3) is 5.91 Å². The second-order valence-electron chi connectivity index (χ2n) is 4.71. The minimum Gasteiger partial charge on any atom is -0.366 e. The lowest BCUT2D eigenvalue weighted by Gasteiger charge is -2.26. The van der Waals surface area contributed by atoms with E-state index >= 15 is 0 Å². The molecule has 0 bridgehead atoms. The molecule has 0 aliphatic carbocycles. The van der Waals surface area contributed by atoms with Crippen LogP contribution in [0.4, 0.5) is 14.5 Å². The number of hydrogen-bond donors (Lipinski definition) is 1. The predicted molar refractivity (Wildman–Crippen MR) is 72.2 cm³/mol. The Morgan fingerprint density at radius 2 is 2.15 bits per heavy atom. The molecule has 1 heterocycles. The van der Waals surface area contributed by atoms with Crippen molar-refractivity contribution in [2.24, 2.45) is 0 Å². The molecule has 1 aromatic rings. The van der Waals surface area contributed by atoms with Crippen LogP contribution in [0.2, 0.25) is 0 Å². The molecule has 20 heavy (non-hydrogen) atoms. The molecule has 1 N–H and O–H groups in total. The van der Waals surface area contributed by atoms with Crippen LogP contribution in [0.25, 0.3) is 0 Å². The van der Waals surface area contributed by atoms with Crippen LogP contribution in [-0.4, -0.2) is 38.8 Å². The highest BCUT2D eigenvalue weighted by molar-refractivity contribution is 5.94. The summed E-state index contributed by atoms with van der Waals surface area (Å²) >= 11 is 0. The third-order valence-corrected chi connectivity index (χ3v) is 3.48. The number of alkyl halides is 2. The fourth-order valence-electron chi connectivity index (χ4n) is 2.48. The Morgan fingerprint density at radius 3 is 2.75 bits per heavy atom. The highest BCUT2D eigenvalue weighted by Gasteiger charge is 2.26. The van der Waals surface area contributed by atoms with E-state index < -0.39 is 6.61 Å². The molecule has 110 valence electrons. The number of nitrogens with zero attached hydrogens (tertiary/aromatic N) is 1. The normalized spacial score (nSPS) is 18.6. The second kappa shape index (κ2) is 6.65. The van der Waals surface area contributed by atoms with Gasteiger partial charge in [-0.3, -0.25) is 4.79 Å². The lowest BCUT2D eigenvalue weighted by Crippen LogP contribution is -2.33. The Balaban J connectivity index is 2.04. The average molecular weight is 284 g/mol. The summed E-state index contributed by atoms with van der Waals surface area (Å²) in [6.07, 6.45) is 1.79. The van der Waals surface area contributed by atoms with Crippen LogP contribution in [-0.2, 0) is 4.74 Å². The lowest BCUT2D eigenvalue weighted by molar-refractivity contribution is -0.131. The van der Waals surface area contributed by atoms with Crippen molar-refractivity contribution in [1.82, 2.24) is 5.32 Å². The van der Waals surface area contributed by atoms with E-state index in [0.717, 1.165) is 25.1 Å². The molecule has 2 rings (SSSR count). The number of carbonyl (C=O) groups is 1. The molecule has 0 aromatic heterocycles. The maximum Gasteiger partial charge on any atom is 0.345 e. The summed E-state index contributed by atoms with van der Waals surface area (Å²) in [5.74, 6) is -0.143. The van der Waals surface area contributed by atoms with Gasteiger partial charge in [0, 0.05) is 24.8 Å². The van der Waals surface area contributed by atoms with Crippen molar-refractivity contribution in [2.75, 3.05) is 25.1 Å². The Kier molecular flexibility index (Phi) is 4.89. The Labute approximate surface area is 116 Å². The quantitative estimate of drug-likeness (QED) is 0.901. The van der Waals surface area contributed by atoms with Crippen LogP contribution < -0.4 is 10.2 Å². The number of carbonyl (C=O) groups excluding carboxylic acids is 1. The second-order valence-corrected chi connectivity index (χ2v) is 4.71. The van der Waals surface area contributed by atoms with Crippen molar-refractivity contribution in [3.8, 4) is 0 Å². The molecule has 6 heteroatoms. The zero-order valence-corrected chi connectivity index (χ0v) is 11.3. The Morgan fingerprint density at radius 1 is 1.45 bits per heavy atom. The number of ether oxygens (including phenoxy) is 1. The number of anilines is 1. The third-order valence-electron chi connectivity index (χ3n) is 3.48. The monoisotopic (exact) mass is 284 g/mol. The van der Waals surface area contributed by atoms with Gasteiger partial charge in [-0.2, -0.15) is 8.78 Å². The molecule has 1 saturated heterocycles. The first-order valence-corrected chi connectivity index (χ1v) is 6.60. The molecule has 0 saturated carbocycles. The first-order valence-electron chi connectivity index (χ1n) is 6.60. The fourth-order valence-corrected chi connectivity index (χ4v) is 2.48. The number of rotatable bonds is 5. The Hall–Kier alpha value is -1.69. The van der Waals surface area contributed by atoms with Gasteiger partial charge in [-0.25, -0.2) is 0 Å². The maximum absolute atomic E-state index is 12.1. The van der Waals surface area contributed by atoms with E-state index in [9.17, 15) is 13.6 Å². The number of halogens is 2. The van der Waals surface area contributed by atoms with Gasteiger partial charge in [-0.1, -0.05) is 0 Å². The first-order chi connectivity index (χ1) is 9.61. The standard InChI is InChI=1S/C14H18F2N2O2/c1-17-13(19)10-4-6-11(7-5-10)18-8-2-3-12(18)9-20-14(15)16/h4-7,12,14H,2-3,8-9H2,1H3,(H,17,19)/t12-/m0/s1. The lowest BCUT2D eigenvalue weighted by atomic mass is 10.1. The van der Waals surface area contributed by atoms with E-state index in [2.05, 4.69) is 15.0 Å². The molecule has 0 unspecified atom stereocenters. The molecular weight excluding hydrogens is 266 g/mol. The molecule has 1 aliphatic rings. The van der Waals surface area contributed by atoms with E-state index in [1.807, 2.05) is 12.1 Å². The number of hydrogen-bond acceptors (Lipinski definition) is 3. The minimum atomic E-state index is -2.73. The van der Waals surface area contributed by atoms with E-state index in [-0.39, 0.29) is 18.6 Å². The van der Waals surface area contributed by atoms with Crippen molar-refractivity contribution in [3.05, 3.63) is 29.8 Å². The summed E-state index contributed by atoms with van der Waals surface area (Å²) < 4.78 is 28.6. The molecule has 1 amide bonds. The van der Waals surface area contributed by atoms with E-state index in [1.54, 1.807) is 19.2 Å². The van der Waals surface area contributed by atoms with Crippen LogP contribution in [0.5, 0.6) is 0 Å². The average Bonchev–Trinajstić information content (AvgIpc) is 2.93. The van der Waals surface area contributed by atoms with Gasteiger partial charge in [0.15, 0.2) is 0 Å². The molecule has 0 spiro atoms. The predicted octanol–water partition coefficient (Wildman–Crippen LogP) is 2.25. The fraction of sp³-hybridized carbons (Fsp3) is 0.500. The third kappa shape index (κ3) is 3.45. The van der Waals surface area contributed by atoms with Crippen molar-refractivity contribution < 1.29 is 18.3 Å². The van der Waals surface area contributed by atoms with Gasteiger partial charge >= 0.3 is 6.61 Å². The van der Waals surface area contributed by atoms with Crippen LogP contribution in [0, 0.1) is 0 Å². The van der Waals surface area contributed by atoms with Crippen LogP contribution in [0.15, 0.2) is 24.3 Å². The van der Waals surface area contributed by atoms with Crippen molar-refractivity contribution in [3.63, 3.8) is 0 Å². The number of nitrogens with one attached hydrogen (secondary N) is 1. The van der Waals surface area contributed by atoms with Crippen molar-refractivity contribution >= 4 is 11.6 Å². The van der Waals surface area contributed by atoms with Gasteiger partial charge < -0.3 is 15.0 Å². The van der Waals surface area contributed by atoms with Crippen LogP contribution in [0.3, 0.4) is 0 Å². The molecule has 1 atom stereocenters. The first kappa shape index (κ1) is 14.7. The summed E-state index contributed by atoms with van der Waals surface area (Å²) in [6.45, 7) is -1.89. The molecular formula is C14H18F2N2O2. The summed E-state index contributed by atoms with van der Waals surface area (Å²) in [7, 11) is 1.58. The van der Waals surface area contributed by atoms with E-state index in [0.29, 0.717) is 5.56 Å². The smallest absolute Gasteiger partial charge is 0.345 e. The highest BCUT2D eigenvalue weighted by Crippen LogP contribution is 2.26. The van der Waals surface area contributed by atoms with E-state index in [4.69, 9.17) is 0 Å². The summed E-state index contributed by atoms with van der Waals surface area (Å²) in [6, 6.07) is 7.11. The van der Waals surface area contributed by atoms with Gasteiger partial charge in [-0.15, -0.1) is 0 Å². The zero-order chi connectivity index (χ0) is 14.5. The van der Waals surface area contributed by atoms with Gasteiger partial charge in [0.05, 0.1) is 12.6 Å². The SMILES string of the molecule is CNC(=O)c1ccc(N2CCC[C@H]2COC(F)F)cc1. The largest absolute Gasteiger partial charge is 0.366 e. The topological polar surface area (TPSA) is 41.6 Å². The maximum atomic E-state index is 12.1. The molecule has 1 aromatic carbocycles. The van der Waals surface area contributed by atoms with Gasteiger partial charge in [0.2, 0.25) is 0 Å². The van der Waals surface area contributed by atoms with Crippen molar-refractivity contribution in [1.29, 1.82) is 0 Å². The summed E-state index contributed by atoms with van der Waals surface area (Å²) in [5, 5.41) is 2.56. The summed E-state index contributed by atoms with van der Waals surface area (Å²) in [4.78, 5) is 13.5. The molecule has 1 aliphatic heterocycles. The highest BCUT2D eigenvalue weighted by atomic mass is 19.3. The Bertz CT molecular complexity index is 451. The zero-order valence-electron chi connectivity index (χ0n) is 11.3. The number of amides is 1.